The molecule has 0 aliphatic carbocycles. The number of ether oxygens (including phenoxy) is 3. The van der Waals surface area contributed by atoms with Crippen molar-refractivity contribution < 1.29 is 34.0 Å². The van der Waals surface area contributed by atoms with Crippen molar-refractivity contribution in [2.75, 3.05) is 127 Å². The van der Waals surface area contributed by atoms with Crippen LogP contribution in [0, 0.1) is 18.3 Å². The molecule has 0 spiro atoms. The Morgan fingerprint density at radius 1 is 0.789 bits per heavy atom. The van der Waals surface area contributed by atoms with E-state index in [9.17, 15) is 19.8 Å². The first kappa shape index (κ1) is 56.1. The molecule has 71 heavy (non-hydrogen) atoms. The van der Waals surface area contributed by atoms with Crippen LogP contribution in [0.2, 0.25) is 0 Å². The molecule has 6 rings (SSSR count). The molecule has 4 aromatic rings. The third-order valence-corrected chi connectivity index (χ3v) is 12.6. The molecule has 1 unspecified atom stereocenters. The van der Waals surface area contributed by atoms with Crippen molar-refractivity contribution in [1.29, 1.82) is 0 Å². The number of nitrogens with zero attached hydrogens (tertiary/aromatic N) is 13. The fourth-order valence-corrected chi connectivity index (χ4v) is 8.04. The van der Waals surface area contributed by atoms with Crippen LogP contribution in [0.4, 0.5) is 17.8 Å². The van der Waals surface area contributed by atoms with Gasteiger partial charge in [-0.15, -0.1) is 29.0 Å². The average molecular weight is 1010 g/mol. The molecule has 0 radical (unpaired) electrons. The lowest BCUT2D eigenvalue weighted by atomic mass is 9.98. The Kier molecular flexibility index (Phi) is 22.9. The zero-order chi connectivity index (χ0) is 49.8. The van der Waals surface area contributed by atoms with E-state index in [1.165, 1.54) is 0 Å². The van der Waals surface area contributed by atoms with Crippen molar-refractivity contribution >= 4 is 42.1 Å². The molecule has 5 heterocycles. The highest BCUT2D eigenvalue weighted by molar-refractivity contribution is 5.85. The largest absolute Gasteiger partial charge is 0.508 e. The molecule has 3 aromatic heterocycles. The number of hydrogen-bond donors (Lipinski definition) is 6. The second-order valence-corrected chi connectivity index (χ2v) is 17.4. The molecule has 5 atom stereocenters. The summed E-state index contributed by atoms with van der Waals surface area (Å²) >= 11 is 0. The third kappa shape index (κ3) is 16.1. The van der Waals surface area contributed by atoms with Crippen LogP contribution >= 0.6 is 12.4 Å². The molecule has 25 heteroatoms. The van der Waals surface area contributed by atoms with Gasteiger partial charge >= 0.3 is 0 Å². The van der Waals surface area contributed by atoms with E-state index < -0.39 is 18.1 Å². The lowest BCUT2D eigenvalue weighted by Gasteiger charge is -2.38. The van der Waals surface area contributed by atoms with E-state index >= 15 is 0 Å². The summed E-state index contributed by atoms with van der Waals surface area (Å²) in [6.45, 7) is 10.4. The smallest absolute Gasteiger partial charge is 0.247 e. The molecule has 2 amide bonds. The summed E-state index contributed by atoms with van der Waals surface area (Å²) in [5, 5.41) is 39.9. The number of phenolic OH excluding ortho intramolecular Hbond substituents is 1. The van der Waals surface area contributed by atoms with Crippen LogP contribution in [-0.2, 0) is 30.2 Å². The topological polar surface area (TPSA) is 305 Å². The van der Waals surface area contributed by atoms with Gasteiger partial charge in [-0.25, -0.2) is 9.36 Å². The maximum Gasteiger partial charge on any atom is 0.247 e. The predicted molar refractivity (Wildman–Crippen MR) is 268 cm³/mol. The molecule has 0 bridgehead atoms. The highest BCUT2D eigenvalue weighted by atomic mass is 35.5. The van der Waals surface area contributed by atoms with Gasteiger partial charge in [0.1, 0.15) is 30.1 Å². The third-order valence-electron chi connectivity index (χ3n) is 12.6. The number of aliphatic hydroxyl groups is 1. The normalized spacial score (nSPS) is 16.2. The van der Waals surface area contributed by atoms with Gasteiger partial charge in [-0.2, -0.15) is 15.0 Å². The number of anilines is 3. The monoisotopic (exact) mass is 1010 g/mol. The van der Waals surface area contributed by atoms with Crippen molar-refractivity contribution in [2.45, 2.75) is 70.1 Å². The maximum atomic E-state index is 14.5. The molecule has 2 aliphatic rings. The van der Waals surface area contributed by atoms with Crippen molar-refractivity contribution in [3.05, 3.63) is 53.6 Å². The SMILES string of the molecule is C#CCOCCOCCOCCNc1nc(N2CCN(C(=O)[C@H](Cc3ccc(O)cc3)n3cc([C@@H](N)C(C)CC)nn3)CC2)nc(N2CCN(C(=O)[C@H](CCCCN)n3cc([C@@H](N)CO)nn3)CC2)n1.Cl. The lowest BCUT2D eigenvalue weighted by Crippen LogP contribution is -2.52. The van der Waals surface area contributed by atoms with E-state index in [2.05, 4.69) is 45.7 Å². The van der Waals surface area contributed by atoms with Gasteiger partial charge in [-0.3, -0.25) is 9.59 Å². The number of phenols is 1. The van der Waals surface area contributed by atoms with Crippen LogP contribution < -0.4 is 32.3 Å². The number of carbonyl (C=O) groups is 2. The van der Waals surface area contributed by atoms with Gasteiger partial charge in [0.05, 0.1) is 69.8 Å². The Morgan fingerprint density at radius 2 is 1.34 bits per heavy atom. The molecule has 1 aromatic carbocycles. The van der Waals surface area contributed by atoms with Crippen molar-refractivity contribution in [2.24, 2.45) is 23.1 Å². The van der Waals surface area contributed by atoms with E-state index in [1.807, 2.05) is 19.6 Å². The summed E-state index contributed by atoms with van der Waals surface area (Å²) in [5.74, 6) is 3.78. The number of aliphatic hydroxyl groups excluding tert-OH is 1. The summed E-state index contributed by atoms with van der Waals surface area (Å²) < 4.78 is 19.7. The van der Waals surface area contributed by atoms with Crippen LogP contribution in [-0.4, -0.2) is 188 Å². The van der Waals surface area contributed by atoms with Crippen molar-refractivity contribution in [1.82, 2.24) is 54.7 Å². The molecule has 0 saturated carbocycles. The molecule has 2 saturated heterocycles. The van der Waals surface area contributed by atoms with Gasteiger partial charge in [0.15, 0.2) is 0 Å². The number of amides is 2. The van der Waals surface area contributed by atoms with Gasteiger partial charge < -0.3 is 66.5 Å². The number of unbranched alkanes of at least 4 members (excludes halogenated alkanes) is 1. The van der Waals surface area contributed by atoms with Gasteiger partial charge in [-0.1, -0.05) is 48.7 Å². The first-order chi connectivity index (χ1) is 34.0. The number of aromatic hydroxyl groups is 1. The number of carbonyl (C=O) groups excluding carboxylic acids is 2. The summed E-state index contributed by atoms with van der Waals surface area (Å²) in [7, 11) is 0. The molecule has 390 valence electrons. The number of hydrogen-bond acceptors (Lipinski definition) is 20. The Morgan fingerprint density at radius 3 is 1.92 bits per heavy atom. The maximum absolute atomic E-state index is 14.5. The van der Waals surface area contributed by atoms with E-state index in [1.54, 1.807) is 46.0 Å². The zero-order valence-corrected chi connectivity index (χ0v) is 41.7. The highest BCUT2D eigenvalue weighted by Crippen LogP contribution is 2.26. The van der Waals surface area contributed by atoms with Crippen LogP contribution in [0.5, 0.6) is 5.75 Å². The first-order valence-electron chi connectivity index (χ1n) is 24.2. The first-order valence-corrected chi connectivity index (χ1v) is 24.2. The lowest BCUT2D eigenvalue weighted by molar-refractivity contribution is -0.136. The Hall–Kier alpha value is -5.78. The summed E-state index contributed by atoms with van der Waals surface area (Å²) in [5.41, 5.74) is 20.2. The predicted octanol–water partition coefficient (Wildman–Crippen LogP) is 0.466. The van der Waals surface area contributed by atoms with Crippen molar-refractivity contribution in [3.63, 3.8) is 0 Å². The van der Waals surface area contributed by atoms with E-state index in [0.29, 0.717) is 141 Å². The number of nitrogens with one attached hydrogen (secondary N) is 1. The number of rotatable bonds is 28. The number of benzene rings is 1. The van der Waals surface area contributed by atoms with E-state index in [-0.39, 0.29) is 55.1 Å². The van der Waals surface area contributed by atoms with Gasteiger partial charge in [0.25, 0.3) is 0 Å². The number of halogens is 1. The van der Waals surface area contributed by atoms with Crippen molar-refractivity contribution in [3.8, 4) is 18.1 Å². The average Bonchev–Trinajstić information content (AvgIpc) is 4.10. The van der Waals surface area contributed by atoms with Crippen LogP contribution in [0.1, 0.15) is 80.6 Å². The highest BCUT2D eigenvalue weighted by Gasteiger charge is 2.34. The quantitative estimate of drug-likeness (QED) is 0.0333. The van der Waals surface area contributed by atoms with Gasteiger partial charge in [0.2, 0.25) is 29.7 Å². The van der Waals surface area contributed by atoms with Crippen LogP contribution in [0.25, 0.3) is 0 Å². The number of nitrogens with two attached hydrogens (primary N) is 3. The fourth-order valence-electron chi connectivity index (χ4n) is 8.04. The fraction of sp³-hybridized carbons (Fsp3) is 0.630. The molecular weight excluding hydrogens is 938 g/mol. The van der Waals surface area contributed by atoms with Crippen LogP contribution in [0.15, 0.2) is 36.7 Å². The zero-order valence-electron chi connectivity index (χ0n) is 40.9. The number of terminal acetylenes is 1. The summed E-state index contributed by atoms with van der Waals surface area (Å²) in [6.07, 6.45) is 11.8. The minimum absolute atomic E-state index is 0. The summed E-state index contributed by atoms with van der Waals surface area (Å²) in [4.78, 5) is 50.9. The van der Waals surface area contributed by atoms with E-state index in [0.717, 1.165) is 24.8 Å². The molecule has 24 nitrogen and oxygen atoms in total. The summed E-state index contributed by atoms with van der Waals surface area (Å²) in [6, 6.07) is 4.46. The number of aromatic nitrogens is 9. The standard InChI is InChI=1S/C46H71N17O7.ClH/c1-4-23-68-25-27-70-28-26-69-24-14-50-44-51-45(60-19-15-58(16-20-60)42(66)39(8-6-7-13-47)62-30-37(54-56-62)36(48)32-64)53-46(52-44)61-21-17-59(18-22-61)43(67)40(29-34-9-11-35(65)12-10-34)63-31-38(55-57-63)41(49)33(3)5-2;/h1,9-12,30-31,33,36,39-41,64-65H,5-8,13-29,32,47-49H2,2-3H3,(H,50,51,52,53);1H/t33?,36-,39-,40-,41-;/m0./s1. The Balaban J connectivity index is 0.00000937. The Labute approximate surface area is 421 Å². The minimum Gasteiger partial charge on any atom is -0.508 e. The molecular formula is C46H72ClN17O7. The second-order valence-electron chi connectivity index (χ2n) is 17.4. The van der Waals surface area contributed by atoms with Gasteiger partial charge in [-0.05, 0) is 49.4 Å². The van der Waals surface area contributed by atoms with Crippen LogP contribution in [0.3, 0.4) is 0 Å². The Bertz CT molecular complexity index is 2250. The second kappa shape index (κ2) is 28.9. The number of piperazine rings is 2. The van der Waals surface area contributed by atoms with E-state index in [4.69, 9.17) is 52.8 Å². The molecule has 2 fully saturated rings. The van der Waals surface area contributed by atoms with Gasteiger partial charge in [0, 0.05) is 65.3 Å². The molecule has 9 N–H and O–H groups in total. The molecule has 2 aliphatic heterocycles. The minimum atomic E-state index is -0.704.